The van der Waals surface area contributed by atoms with Gasteiger partial charge < -0.3 is 14.9 Å². The van der Waals surface area contributed by atoms with Crippen molar-refractivity contribution < 1.29 is 19.7 Å². The molecule has 0 saturated carbocycles. The van der Waals surface area contributed by atoms with Crippen molar-refractivity contribution in [1.29, 1.82) is 0 Å². The van der Waals surface area contributed by atoms with E-state index in [0.717, 1.165) is 11.1 Å². The normalized spacial score (nSPS) is 11.3. The standard InChI is InChI=1S/C13H16O4/c1-10(9-14)6-7-17-12-4-2-11(3-5-12)8-13(15)16/h2-6,14H,7-9H2,1H3,(H,15,16)/b10-6-. The van der Waals surface area contributed by atoms with Gasteiger partial charge in [0.2, 0.25) is 0 Å². The zero-order valence-corrected chi connectivity index (χ0v) is 9.72. The van der Waals surface area contributed by atoms with Crippen LogP contribution in [0, 0.1) is 0 Å². The molecular weight excluding hydrogens is 220 g/mol. The summed E-state index contributed by atoms with van der Waals surface area (Å²) < 4.78 is 5.40. The lowest BCUT2D eigenvalue weighted by Gasteiger charge is -2.04. The van der Waals surface area contributed by atoms with E-state index in [0.29, 0.717) is 12.4 Å². The predicted octanol–water partition coefficient (Wildman–Crippen LogP) is 1.63. The molecule has 0 saturated heterocycles. The van der Waals surface area contributed by atoms with Gasteiger partial charge in [0.05, 0.1) is 13.0 Å². The fourth-order valence-electron chi connectivity index (χ4n) is 1.22. The number of ether oxygens (including phenoxy) is 1. The summed E-state index contributed by atoms with van der Waals surface area (Å²) in [7, 11) is 0. The van der Waals surface area contributed by atoms with E-state index in [1.807, 2.05) is 6.92 Å². The fraction of sp³-hybridized carbons (Fsp3) is 0.308. The first-order valence-electron chi connectivity index (χ1n) is 5.32. The predicted molar refractivity (Wildman–Crippen MR) is 64.1 cm³/mol. The average molecular weight is 236 g/mol. The molecule has 1 rings (SSSR count). The Balaban J connectivity index is 2.48. The zero-order chi connectivity index (χ0) is 12.7. The van der Waals surface area contributed by atoms with E-state index in [4.69, 9.17) is 14.9 Å². The molecule has 4 heteroatoms. The minimum Gasteiger partial charge on any atom is -0.490 e. The Morgan fingerprint density at radius 2 is 2.00 bits per heavy atom. The van der Waals surface area contributed by atoms with Crippen LogP contribution in [-0.2, 0) is 11.2 Å². The Labute approximate surface area is 100 Å². The number of aliphatic hydroxyl groups is 1. The minimum absolute atomic E-state index is 0.0177. The lowest BCUT2D eigenvalue weighted by atomic mass is 10.1. The molecular formula is C13H16O4. The summed E-state index contributed by atoms with van der Waals surface area (Å²) in [4.78, 5) is 10.5. The fourth-order valence-corrected chi connectivity index (χ4v) is 1.22. The molecule has 17 heavy (non-hydrogen) atoms. The van der Waals surface area contributed by atoms with Crippen molar-refractivity contribution in [3.05, 3.63) is 41.5 Å². The summed E-state index contributed by atoms with van der Waals surface area (Å²) in [5, 5.41) is 17.4. The van der Waals surface area contributed by atoms with Gasteiger partial charge in [-0.1, -0.05) is 12.1 Å². The monoisotopic (exact) mass is 236 g/mol. The highest BCUT2D eigenvalue weighted by atomic mass is 16.5. The van der Waals surface area contributed by atoms with Crippen LogP contribution in [0.1, 0.15) is 12.5 Å². The number of hydrogen-bond donors (Lipinski definition) is 2. The number of carbonyl (C=O) groups is 1. The van der Waals surface area contributed by atoms with E-state index >= 15 is 0 Å². The second-order valence-corrected chi connectivity index (χ2v) is 3.73. The molecule has 0 bridgehead atoms. The molecule has 0 spiro atoms. The second-order valence-electron chi connectivity index (χ2n) is 3.73. The first-order chi connectivity index (χ1) is 8.11. The Morgan fingerprint density at radius 1 is 1.35 bits per heavy atom. The van der Waals surface area contributed by atoms with Gasteiger partial charge in [-0.05, 0) is 36.3 Å². The van der Waals surface area contributed by atoms with E-state index in [9.17, 15) is 4.79 Å². The van der Waals surface area contributed by atoms with Gasteiger partial charge in [0.1, 0.15) is 12.4 Å². The molecule has 92 valence electrons. The molecule has 0 heterocycles. The Morgan fingerprint density at radius 3 is 2.53 bits per heavy atom. The van der Waals surface area contributed by atoms with Crippen LogP contribution < -0.4 is 4.74 Å². The molecule has 0 aromatic heterocycles. The van der Waals surface area contributed by atoms with Gasteiger partial charge in [-0.2, -0.15) is 0 Å². The third-order valence-electron chi connectivity index (χ3n) is 2.21. The maximum Gasteiger partial charge on any atom is 0.307 e. The van der Waals surface area contributed by atoms with Crippen molar-refractivity contribution in [3.8, 4) is 5.75 Å². The molecule has 2 N–H and O–H groups in total. The maximum atomic E-state index is 10.5. The summed E-state index contributed by atoms with van der Waals surface area (Å²) in [6.07, 6.45) is 1.81. The smallest absolute Gasteiger partial charge is 0.307 e. The second kappa shape index (κ2) is 6.70. The largest absolute Gasteiger partial charge is 0.490 e. The Hall–Kier alpha value is -1.81. The molecule has 0 radical (unpaired) electrons. The molecule has 4 nitrogen and oxygen atoms in total. The van der Waals surface area contributed by atoms with Gasteiger partial charge in [-0.15, -0.1) is 0 Å². The third-order valence-corrected chi connectivity index (χ3v) is 2.21. The number of hydrogen-bond acceptors (Lipinski definition) is 3. The highest BCUT2D eigenvalue weighted by molar-refractivity contribution is 5.70. The van der Waals surface area contributed by atoms with Crippen molar-refractivity contribution in [2.45, 2.75) is 13.3 Å². The van der Waals surface area contributed by atoms with Crippen LogP contribution in [0.4, 0.5) is 0 Å². The van der Waals surface area contributed by atoms with Crippen LogP contribution in [0.15, 0.2) is 35.9 Å². The highest BCUT2D eigenvalue weighted by Crippen LogP contribution is 2.12. The number of aliphatic carboxylic acids is 1. The molecule has 0 fully saturated rings. The van der Waals surface area contributed by atoms with Gasteiger partial charge in [0.15, 0.2) is 0 Å². The number of carboxylic acid groups (broad SMARTS) is 1. The van der Waals surface area contributed by atoms with Gasteiger partial charge in [0.25, 0.3) is 0 Å². The topological polar surface area (TPSA) is 66.8 Å². The molecule has 0 aliphatic heterocycles. The number of aliphatic hydroxyl groups excluding tert-OH is 1. The van der Waals surface area contributed by atoms with Crippen LogP contribution in [0.25, 0.3) is 0 Å². The zero-order valence-electron chi connectivity index (χ0n) is 9.72. The maximum absolute atomic E-state index is 10.5. The Kier molecular flexibility index (Phi) is 5.23. The van der Waals surface area contributed by atoms with Gasteiger partial charge in [0, 0.05) is 0 Å². The van der Waals surface area contributed by atoms with Crippen molar-refractivity contribution in [3.63, 3.8) is 0 Å². The third kappa shape index (κ3) is 5.17. The molecule has 0 aliphatic carbocycles. The number of carboxylic acids is 1. The highest BCUT2D eigenvalue weighted by Gasteiger charge is 2.00. The molecule has 0 atom stereocenters. The quantitative estimate of drug-likeness (QED) is 0.737. The molecule has 1 aromatic carbocycles. The van der Waals surface area contributed by atoms with Crippen LogP contribution in [-0.4, -0.2) is 29.4 Å². The molecule has 0 unspecified atom stereocenters. The van der Waals surface area contributed by atoms with E-state index in [1.165, 1.54) is 0 Å². The number of benzene rings is 1. The van der Waals surface area contributed by atoms with Crippen LogP contribution in [0.2, 0.25) is 0 Å². The molecule has 0 amide bonds. The van der Waals surface area contributed by atoms with Crippen LogP contribution >= 0.6 is 0 Å². The average Bonchev–Trinajstić information content (AvgIpc) is 2.30. The van der Waals surface area contributed by atoms with Crippen LogP contribution in [0.3, 0.4) is 0 Å². The summed E-state index contributed by atoms with van der Waals surface area (Å²) >= 11 is 0. The van der Waals surface area contributed by atoms with E-state index in [-0.39, 0.29) is 13.0 Å². The van der Waals surface area contributed by atoms with Gasteiger partial charge >= 0.3 is 5.97 Å². The van der Waals surface area contributed by atoms with Crippen molar-refractivity contribution in [2.75, 3.05) is 13.2 Å². The van der Waals surface area contributed by atoms with Gasteiger partial charge in [-0.3, -0.25) is 4.79 Å². The number of rotatable bonds is 6. The summed E-state index contributed by atoms with van der Waals surface area (Å²) in [6, 6.07) is 6.93. The first kappa shape index (κ1) is 13.3. The van der Waals surface area contributed by atoms with Crippen molar-refractivity contribution in [1.82, 2.24) is 0 Å². The lowest BCUT2D eigenvalue weighted by molar-refractivity contribution is -0.136. The lowest BCUT2D eigenvalue weighted by Crippen LogP contribution is -2.00. The van der Waals surface area contributed by atoms with E-state index in [2.05, 4.69) is 0 Å². The molecule has 1 aromatic rings. The van der Waals surface area contributed by atoms with Crippen molar-refractivity contribution >= 4 is 5.97 Å². The summed E-state index contributed by atoms with van der Waals surface area (Å²) in [5.41, 5.74) is 1.60. The minimum atomic E-state index is -0.847. The summed E-state index contributed by atoms with van der Waals surface area (Å²) in [5.74, 6) is -0.165. The Bertz CT molecular complexity index is 392. The van der Waals surface area contributed by atoms with Crippen molar-refractivity contribution in [2.24, 2.45) is 0 Å². The molecule has 0 aliphatic rings. The summed E-state index contributed by atoms with van der Waals surface area (Å²) in [6.45, 7) is 2.24. The SMILES string of the molecule is C/C(=C/COc1ccc(CC(=O)O)cc1)CO. The van der Waals surface area contributed by atoms with Gasteiger partial charge in [-0.25, -0.2) is 0 Å². The van der Waals surface area contributed by atoms with E-state index < -0.39 is 5.97 Å². The van der Waals surface area contributed by atoms with Crippen LogP contribution in [0.5, 0.6) is 5.75 Å². The first-order valence-corrected chi connectivity index (χ1v) is 5.32. The van der Waals surface area contributed by atoms with E-state index in [1.54, 1.807) is 30.3 Å².